The molecule has 0 fully saturated rings. The van der Waals surface area contributed by atoms with E-state index in [1.54, 1.807) is 16.8 Å². The molecule has 0 saturated carbocycles. The van der Waals surface area contributed by atoms with Crippen LogP contribution in [0.15, 0.2) is 101 Å². The molecule has 0 saturated heterocycles. The number of rotatable bonds is 9. The van der Waals surface area contributed by atoms with Crippen LogP contribution in [-0.4, -0.2) is 20.7 Å². The number of thioether (sulfide) groups is 1. The van der Waals surface area contributed by atoms with Gasteiger partial charge in [-0.3, -0.25) is 4.79 Å². The van der Waals surface area contributed by atoms with Crippen molar-refractivity contribution in [2.45, 2.75) is 44.3 Å². The normalized spacial score (nSPS) is 14.1. The number of halogens is 3. The van der Waals surface area contributed by atoms with Crippen LogP contribution in [0.3, 0.4) is 0 Å². The van der Waals surface area contributed by atoms with Crippen molar-refractivity contribution in [2.24, 2.45) is 0 Å². The minimum Gasteiger partial charge on any atom is -0.489 e. The van der Waals surface area contributed by atoms with Crippen LogP contribution in [0.2, 0.25) is 15.1 Å². The Morgan fingerprint density at radius 3 is 2.54 bits per heavy atom. The van der Waals surface area contributed by atoms with E-state index in [-0.39, 0.29) is 12.5 Å². The summed E-state index contributed by atoms with van der Waals surface area (Å²) in [5.41, 5.74) is 6.62. The molecule has 4 aromatic carbocycles. The van der Waals surface area contributed by atoms with E-state index in [1.807, 2.05) is 93.6 Å². The molecule has 5 aromatic rings. The highest BCUT2D eigenvalue weighted by molar-refractivity contribution is 7.98. The van der Waals surface area contributed by atoms with E-state index in [9.17, 15) is 4.79 Å². The average Bonchev–Trinajstić information content (AvgIpc) is 3.43. The van der Waals surface area contributed by atoms with Crippen molar-refractivity contribution in [2.75, 3.05) is 10.6 Å². The second-order valence-corrected chi connectivity index (χ2v) is 13.2. The number of carbonyl (C=O) groups excluding carboxylic acids is 1. The summed E-state index contributed by atoms with van der Waals surface area (Å²) in [6.07, 6.45) is 0. The summed E-state index contributed by atoms with van der Waals surface area (Å²) < 4.78 is 7.92. The Hall–Kier alpha value is -3.95. The fourth-order valence-electron chi connectivity index (χ4n) is 5.27. The summed E-state index contributed by atoms with van der Waals surface area (Å²) in [6, 6.07) is 26.0. The number of hydrogen-bond acceptors (Lipinski definition) is 6. The van der Waals surface area contributed by atoms with Crippen LogP contribution in [0.5, 0.6) is 5.75 Å². The number of anilines is 2. The molecule has 0 aliphatic carbocycles. The molecular weight excluding hydrogens is 661 g/mol. The molecule has 1 aliphatic heterocycles. The summed E-state index contributed by atoms with van der Waals surface area (Å²) in [6.45, 7) is 6.13. The van der Waals surface area contributed by atoms with Gasteiger partial charge in [-0.15, -0.1) is 5.10 Å². The van der Waals surface area contributed by atoms with Gasteiger partial charge in [0.2, 0.25) is 11.1 Å². The lowest BCUT2D eigenvalue weighted by molar-refractivity contribution is -0.113. The molecular formula is C35H30Cl3N5O2S. The molecule has 6 rings (SSSR count). The van der Waals surface area contributed by atoms with Crippen molar-refractivity contribution in [1.82, 2.24) is 14.8 Å². The highest BCUT2D eigenvalue weighted by Gasteiger charge is 2.35. The molecule has 234 valence electrons. The zero-order valence-corrected chi connectivity index (χ0v) is 28.4. The van der Waals surface area contributed by atoms with Gasteiger partial charge in [0.05, 0.1) is 5.57 Å². The molecule has 2 N–H and O–H groups in total. The Kier molecular flexibility index (Phi) is 9.61. The van der Waals surface area contributed by atoms with Gasteiger partial charge in [-0.2, -0.15) is 4.98 Å². The molecule has 0 bridgehead atoms. The third-order valence-corrected chi connectivity index (χ3v) is 9.45. The van der Waals surface area contributed by atoms with E-state index >= 15 is 0 Å². The first kappa shape index (κ1) is 32.0. The predicted octanol–water partition coefficient (Wildman–Crippen LogP) is 9.65. The molecule has 11 heteroatoms. The molecule has 7 nitrogen and oxygen atoms in total. The van der Waals surface area contributed by atoms with Crippen LogP contribution in [0.1, 0.15) is 40.8 Å². The number of fused-ring (bicyclic) bond motifs is 1. The standard InChI is InChI=1S/C35H30Cl3N5O2S/c1-20-11-14-30(21(2)15-20)40-33(44)31-22(3)39-34-41-35(46-19-25-7-4-5-10-28(25)37)42-43(34)32(31)23-8-6-9-27(16-23)45-18-24-12-13-26(36)17-29(24)38/h4-17,32H,18-19H2,1-3H3,(H,40,44)(H,39,41,42). The molecule has 1 amide bonds. The minimum atomic E-state index is -0.591. The Morgan fingerprint density at radius 1 is 0.935 bits per heavy atom. The van der Waals surface area contributed by atoms with E-state index in [4.69, 9.17) is 49.6 Å². The lowest BCUT2D eigenvalue weighted by Crippen LogP contribution is -2.31. The van der Waals surface area contributed by atoms with Crippen molar-refractivity contribution < 1.29 is 9.53 Å². The van der Waals surface area contributed by atoms with E-state index < -0.39 is 6.04 Å². The summed E-state index contributed by atoms with van der Waals surface area (Å²) in [7, 11) is 0. The van der Waals surface area contributed by atoms with Gasteiger partial charge in [-0.05, 0) is 73.9 Å². The van der Waals surface area contributed by atoms with Gasteiger partial charge >= 0.3 is 0 Å². The second kappa shape index (κ2) is 13.8. The topological polar surface area (TPSA) is 81.1 Å². The Balaban J connectivity index is 1.34. The second-order valence-electron chi connectivity index (χ2n) is 11.0. The zero-order chi connectivity index (χ0) is 32.4. The molecule has 1 unspecified atom stereocenters. The highest BCUT2D eigenvalue weighted by Crippen LogP contribution is 2.38. The van der Waals surface area contributed by atoms with Gasteiger partial charge in [0, 0.05) is 37.8 Å². The van der Waals surface area contributed by atoms with Crippen LogP contribution in [0, 0.1) is 13.8 Å². The van der Waals surface area contributed by atoms with Crippen LogP contribution >= 0.6 is 46.6 Å². The lowest BCUT2D eigenvalue weighted by atomic mass is 9.94. The summed E-state index contributed by atoms with van der Waals surface area (Å²) in [5.74, 6) is 1.50. The number of benzene rings is 4. The number of nitrogens with one attached hydrogen (secondary N) is 2. The third-order valence-electron chi connectivity index (χ3n) is 7.61. The quantitative estimate of drug-likeness (QED) is 0.150. The third kappa shape index (κ3) is 7.05. The number of allylic oxidation sites excluding steroid dienone is 1. The molecule has 1 aliphatic rings. The largest absolute Gasteiger partial charge is 0.489 e. The number of aryl methyl sites for hydroxylation is 2. The first-order valence-corrected chi connectivity index (χ1v) is 16.6. The SMILES string of the molecule is CC1=C(C(=O)Nc2ccc(C)cc2C)C(c2cccc(OCc3ccc(Cl)cc3Cl)c2)n2nc(SCc3ccccc3Cl)nc2N1. The van der Waals surface area contributed by atoms with Crippen molar-refractivity contribution >= 4 is 64.1 Å². The first-order valence-electron chi connectivity index (χ1n) is 14.5. The fraction of sp³-hybridized carbons (Fsp3) is 0.171. The maximum atomic E-state index is 14.1. The molecule has 46 heavy (non-hydrogen) atoms. The number of carbonyl (C=O) groups is 1. The van der Waals surface area contributed by atoms with Gasteiger partial charge in [-0.1, -0.05) is 101 Å². The summed E-state index contributed by atoms with van der Waals surface area (Å²) in [4.78, 5) is 18.9. The molecule has 0 spiro atoms. The zero-order valence-electron chi connectivity index (χ0n) is 25.3. The fourth-order valence-corrected chi connectivity index (χ4v) is 6.85. The van der Waals surface area contributed by atoms with Crippen molar-refractivity contribution in [3.8, 4) is 5.75 Å². The maximum absolute atomic E-state index is 14.1. The van der Waals surface area contributed by atoms with Crippen LogP contribution in [0.4, 0.5) is 11.6 Å². The van der Waals surface area contributed by atoms with Crippen molar-refractivity contribution in [3.05, 3.63) is 139 Å². The Bertz CT molecular complexity index is 1980. The average molecular weight is 691 g/mol. The molecule has 2 heterocycles. The number of amides is 1. The first-order chi connectivity index (χ1) is 22.2. The molecule has 0 radical (unpaired) electrons. The predicted molar refractivity (Wildman–Crippen MR) is 187 cm³/mol. The van der Waals surface area contributed by atoms with Gasteiger partial charge in [0.1, 0.15) is 18.4 Å². The number of hydrogen-bond donors (Lipinski definition) is 2. The van der Waals surface area contributed by atoms with E-state index in [0.29, 0.717) is 48.9 Å². The smallest absolute Gasteiger partial charge is 0.255 e. The van der Waals surface area contributed by atoms with E-state index in [1.165, 1.54) is 11.8 Å². The van der Waals surface area contributed by atoms with Crippen LogP contribution < -0.4 is 15.4 Å². The number of aromatic nitrogens is 3. The van der Waals surface area contributed by atoms with Gasteiger partial charge in [0.25, 0.3) is 5.91 Å². The number of nitrogens with zero attached hydrogens (tertiary/aromatic N) is 3. The molecule has 1 aromatic heterocycles. The maximum Gasteiger partial charge on any atom is 0.255 e. The van der Waals surface area contributed by atoms with Gasteiger partial charge < -0.3 is 15.4 Å². The summed E-state index contributed by atoms with van der Waals surface area (Å²) >= 11 is 20.3. The van der Waals surface area contributed by atoms with Crippen molar-refractivity contribution in [1.29, 1.82) is 0 Å². The van der Waals surface area contributed by atoms with E-state index in [2.05, 4.69) is 10.6 Å². The highest BCUT2D eigenvalue weighted by atomic mass is 35.5. The van der Waals surface area contributed by atoms with Gasteiger partial charge in [0.15, 0.2) is 0 Å². The minimum absolute atomic E-state index is 0.243. The Labute approximate surface area is 286 Å². The number of ether oxygens (including phenoxy) is 1. The van der Waals surface area contributed by atoms with Crippen LogP contribution in [-0.2, 0) is 17.2 Å². The van der Waals surface area contributed by atoms with Crippen molar-refractivity contribution in [3.63, 3.8) is 0 Å². The monoisotopic (exact) mass is 689 g/mol. The molecule has 1 atom stereocenters. The summed E-state index contributed by atoms with van der Waals surface area (Å²) in [5, 5.41) is 13.6. The Morgan fingerprint density at radius 2 is 1.76 bits per heavy atom. The lowest BCUT2D eigenvalue weighted by Gasteiger charge is -2.29. The van der Waals surface area contributed by atoms with Gasteiger partial charge in [-0.25, -0.2) is 4.68 Å². The van der Waals surface area contributed by atoms with E-state index in [0.717, 1.165) is 33.5 Å². The van der Waals surface area contributed by atoms with Crippen LogP contribution in [0.25, 0.3) is 0 Å².